The molecule has 1 amide bonds. The molecular formula is C33H39N3O4S2. The molecule has 1 fully saturated rings. The fourth-order valence-electron chi connectivity index (χ4n) is 4.80. The third-order valence-corrected chi connectivity index (χ3v) is 8.42. The van der Waals surface area contributed by atoms with Gasteiger partial charge in [0.15, 0.2) is 0 Å². The molecule has 1 aromatic heterocycles. The molecule has 0 unspecified atom stereocenters. The summed E-state index contributed by atoms with van der Waals surface area (Å²) in [5.74, 6) is 0.0534. The van der Waals surface area contributed by atoms with Gasteiger partial charge >= 0.3 is 5.97 Å². The third kappa shape index (κ3) is 9.03. The molecule has 0 atom stereocenters. The van der Waals surface area contributed by atoms with Gasteiger partial charge in [0.05, 0.1) is 22.9 Å². The number of aliphatic carboxylic acids is 1. The normalized spacial score (nSPS) is 14.2. The molecule has 42 heavy (non-hydrogen) atoms. The van der Waals surface area contributed by atoms with Crippen LogP contribution in [0.4, 0.5) is 0 Å². The van der Waals surface area contributed by atoms with Crippen LogP contribution >= 0.6 is 24.0 Å². The Hall–Kier alpha value is -3.43. The number of carboxylic acid groups (broad SMARTS) is 1. The van der Waals surface area contributed by atoms with Crippen molar-refractivity contribution in [2.45, 2.75) is 71.1 Å². The minimum absolute atomic E-state index is 0.0508. The predicted molar refractivity (Wildman–Crippen MR) is 174 cm³/mol. The molecule has 2 aromatic carbocycles. The quantitative estimate of drug-likeness (QED) is 0.0945. The monoisotopic (exact) mass is 605 g/mol. The third-order valence-electron chi connectivity index (χ3n) is 7.05. The van der Waals surface area contributed by atoms with Crippen LogP contribution in [0.3, 0.4) is 0 Å². The first-order chi connectivity index (χ1) is 20.5. The summed E-state index contributed by atoms with van der Waals surface area (Å²) in [4.78, 5) is 26.3. The summed E-state index contributed by atoms with van der Waals surface area (Å²) in [6, 6.07) is 17.8. The van der Waals surface area contributed by atoms with E-state index in [0.717, 1.165) is 86.0 Å². The second-order valence-electron chi connectivity index (χ2n) is 10.4. The number of para-hydroxylation sites is 1. The molecule has 4 rings (SSSR count). The fraction of sp³-hybridized carbons (Fsp3) is 0.394. The first-order valence-electron chi connectivity index (χ1n) is 14.8. The first-order valence-corrected chi connectivity index (χ1v) is 16.0. The molecule has 1 aliphatic heterocycles. The van der Waals surface area contributed by atoms with Gasteiger partial charge in [0.1, 0.15) is 10.1 Å². The molecule has 7 nitrogen and oxygen atoms in total. The van der Waals surface area contributed by atoms with Crippen molar-refractivity contribution < 1.29 is 19.4 Å². The van der Waals surface area contributed by atoms with Gasteiger partial charge in [-0.2, -0.15) is 5.10 Å². The van der Waals surface area contributed by atoms with E-state index >= 15 is 0 Å². The lowest BCUT2D eigenvalue weighted by Crippen LogP contribution is -2.29. The number of thioether (sulfide) groups is 1. The van der Waals surface area contributed by atoms with Crippen molar-refractivity contribution >= 4 is 46.3 Å². The van der Waals surface area contributed by atoms with Crippen molar-refractivity contribution in [1.82, 2.24) is 14.7 Å². The summed E-state index contributed by atoms with van der Waals surface area (Å²) in [5.41, 5.74) is 3.52. The zero-order valence-electron chi connectivity index (χ0n) is 24.2. The topological polar surface area (TPSA) is 84.7 Å². The van der Waals surface area contributed by atoms with Gasteiger partial charge in [0, 0.05) is 30.3 Å². The maximum Gasteiger partial charge on any atom is 0.303 e. The molecule has 0 aliphatic carbocycles. The summed E-state index contributed by atoms with van der Waals surface area (Å²) in [7, 11) is 0. The Morgan fingerprint density at radius 2 is 1.64 bits per heavy atom. The molecular weight excluding hydrogens is 567 g/mol. The van der Waals surface area contributed by atoms with Gasteiger partial charge in [-0.15, -0.1) is 0 Å². The van der Waals surface area contributed by atoms with E-state index in [4.69, 9.17) is 27.2 Å². The average molecular weight is 606 g/mol. The molecule has 1 saturated heterocycles. The van der Waals surface area contributed by atoms with E-state index in [1.807, 2.05) is 71.6 Å². The summed E-state index contributed by atoms with van der Waals surface area (Å²) in [6.45, 7) is 3.37. The van der Waals surface area contributed by atoms with Gasteiger partial charge in [-0.3, -0.25) is 14.5 Å². The molecule has 0 bridgehead atoms. The molecule has 1 aliphatic rings. The zero-order valence-corrected chi connectivity index (χ0v) is 25.8. The number of amides is 1. The predicted octanol–water partition coefficient (Wildman–Crippen LogP) is 8.12. The summed E-state index contributed by atoms with van der Waals surface area (Å²) < 4.78 is 8.19. The number of carbonyl (C=O) groups excluding carboxylic acids is 1. The lowest BCUT2D eigenvalue weighted by atomic mass is 10.1. The minimum Gasteiger partial charge on any atom is -0.494 e. The molecule has 222 valence electrons. The van der Waals surface area contributed by atoms with Crippen molar-refractivity contribution in [3.05, 3.63) is 71.3 Å². The Labute approximate surface area is 257 Å². The Morgan fingerprint density at radius 1 is 0.976 bits per heavy atom. The summed E-state index contributed by atoms with van der Waals surface area (Å²) >= 11 is 6.95. The molecule has 0 radical (unpaired) electrons. The van der Waals surface area contributed by atoms with Gasteiger partial charge in [-0.1, -0.05) is 87.6 Å². The highest BCUT2D eigenvalue weighted by molar-refractivity contribution is 8.26. The smallest absolute Gasteiger partial charge is 0.303 e. The van der Waals surface area contributed by atoms with E-state index in [1.165, 1.54) is 11.8 Å². The number of hydrogen-bond donors (Lipinski definition) is 1. The Bertz CT molecular complexity index is 1370. The molecule has 0 spiro atoms. The highest BCUT2D eigenvalue weighted by atomic mass is 32.2. The van der Waals surface area contributed by atoms with E-state index < -0.39 is 5.97 Å². The second-order valence-corrected chi connectivity index (χ2v) is 12.1. The second kappa shape index (κ2) is 16.3. The van der Waals surface area contributed by atoms with Crippen LogP contribution in [0.25, 0.3) is 23.0 Å². The number of carbonyl (C=O) groups is 2. The summed E-state index contributed by atoms with van der Waals surface area (Å²) in [6.07, 6.45) is 13.2. The number of thiocarbonyl (C=S) groups is 1. The standard InChI is InChI=1S/C33H39N3O4S2/c1-2-22-40-28-19-17-25(18-20-28)31-26(24-36(34-31)27-14-10-9-11-15-27)23-29-32(39)35(33(41)42-29)21-13-8-6-4-3-5-7-12-16-30(37)38/h9-11,14-15,17-20,23-24H,2-8,12-13,16,21-22H2,1H3,(H,37,38)/b29-23-. The van der Waals surface area contributed by atoms with E-state index in [0.29, 0.717) is 22.4 Å². The lowest BCUT2D eigenvalue weighted by molar-refractivity contribution is -0.137. The number of hydrogen-bond acceptors (Lipinski definition) is 6. The number of benzene rings is 2. The molecule has 9 heteroatoms. The van der Waals surface area contributed by atoms with Crippen LogP contribution in [-0.2, 0) is 9.59 Å². The fourth-order valence-corrected chi connectivity index (χ4v) is 6.10. The van der Waals surface area contributed by atoms with E-state index in [9.17, 15) is 9.59 Å². The number of carboxylic acids is 1. The number of ether oxygens (including phenoxy) is 1. The molecule has 0 saturated carbocycles. The molecule has 2 heterocycles. The largest absolute Gasteiger partial charge is 0.494 e. The minimum atomic E-state index is -0.716. The van der Waals surface area contributed by atoms with Crippen LogP contribution < -0.4 is 4.74 Å². The molecule has 1 N–H and O–H groups in total. The van der Waals surface area contributed by atoms with Gasteiger partial charge in [-0.05, 0) is 61.7 Å². The van der Waals surface area contributed by atoms with Crippen LogP contribution in [-0.4, -0.2) is 49.1 Å². The maximum absolute atomic E-state index is 13.4. The number of unbranched alkanes of at least 4 members (excludes halogenated alkanes) is 7. The Morgan fingerprint density at radius 3 is 2.31 bits per heavy atom. The van der Waals surface area contributed by atoms with Crippen LogP contribution in [0.15, 0.2) is 65.7 Å². The Kier molecular flexibility index (Phi) is 12.2. The lowest BCUT2D eigenvalue weighted by Gasteiger charge is -2.14. The van der Waals surface area contributed by atoms with Gasteiger partial charge in [-0.25, -0.2) is 4.68 Å². The highest BCUT2D eigenvalue weighted by Gasteiger charge is 2.32. The van der Waals surface area contributed by atoms with Gasteiger partial charge in [0.25, 0.3) is 5.91 Å². The van der Waals surface area contributed by atoms with Crippen LogP contribution in [0, 0.1) is 0 Å². The van der Waals surface area contributed by atoms with Crippen molar-refractivity contribution in [2.75, 3.05) is 13.2 Å². The van der Waals surface area contributed by atoms with Crippen molar-refractivity contribution in [1.29, 1.82) is 0 Å². The van der Waals surface area contributed by atoms with Crippen molar-refractivity contribution in [3.8, 4) is 22.7 Å². The van der Waals surface area contributed by atoms with Crippen molar-refractivity contribution in [3.63, 3.8) is 0 Å². The number of aromatic nitrogens is 2. The van der Waals surface area contributed by atoms with Crippen LogP contribution in [0.5, 0.6) is 5.75 Å². The SMILES string of the molecule is CCCOc1ccc(-c2nn(-c3ccccc3)cc2/C=C2\SC(=S)N(CCCCCCCCCCC(=O)O)C2=O)cc1. The highest BCUT2D eigenvalue weighted by Crippen LogP contribution is 2.35. The van der Waals surface area contributed by atoms with E-state index in [2.05, 4.69) is 6.92 Å². The number of rotatable bonds is 17. The first kappa shape index (κ1) is 31.5. The maximum atomic E-state index is 13.4. The molecule has 3 aromatic rings. The van der Waals surface area contributed by atoms with Gasteiger partial charge < -0.3 is 9.84 Å². The average Bonchev–Trinajstić information content (AvgIpc) is 3.53. The van der Waals surface area contributed by atoms with E-state index in [1.54, 1.807) is 4.90 Å². The zero-order chi connectivity index (χ0) is 29.7. The van der Waals surface area contributed by atoms with Crippen molar-refractivity contribution in [2.24, 2.45) is 0 Å². The Balaban J connectivity index is 1.39. The number of nitrogens with zero attached hydrogens (tertiary/aromatic N) is 3. The summed E-state index contributed by atoms with van der Waals surface area (Å²) in [5, 5.41) is 13.6. The van der Waals surface area contributed by atoms with Gasteiger partial charge in [0.2, 0.25) is 0 Å². The van der Waals surface area contributed by atoms with E-state index in [-0.39, 0.29) is 12.3 Å². The van der Waals surface area contributed by atoms with Crippen LogP contribution in [0.2, 0.25) is 0 Å². The van der Waals surface area contributed by atoms with Crippen LogP contribution in [0.1, 0.15) is 76.7 Å².